The number of ether oxygens (including phenoxy) is 3. The molecule has 0 amide bonds. The molecule has 1 heterocycles. The molecule has 0 saturated heterocycles. The molecule has 0 fully saturated rings. The molecule has 10 heteroatoms. The summed E-state index contributed by atoms with van der Waals surface area (Å²) in [6.07, 6.45) is -4.96. The second-order valence-corrected chi connectivity index (χ2v) is 9.35. The smallest absolute Gasteiger partial charge is 0.464 e. The van der Waals surface area contributed by atoms with Crippen LogP contribution in [0.15, 0.2) is 66.7 Å². The molecule has 40 heavy (non-hydrogen) atoms. The number of rotatable bonds is 9. The highest BCUT2D eigenvalue weighted by Gasteiger charge is 2.38. The molecule has 1 N–H and O–H groups in total. The molecule has 4 aromatic rings. The Bertz CT molecular complexity index is 1560. The standard InChI is InChI=1S/C30H28F3NO6/c1-5-29(37,28(36)38-4)39-22-8-6-7-20(15-22)17-34-19(3)26(27(35)21-11-9-18(2)10-12-21)24-14-13-23(16-25(24)34)40-30(31,32)33/h6-16,37H,5,17H2,1-4H3/t29-/m1/s1. The third-order valence-electron chi connectivity index (χ3n) is 6.58. The van der Waals surface area contributed by atoms with Crippen molar-refractivity contribution in [1.82, 2.24) is 4.57 Å². The molecule has 0 unspecified atom stereocenters. The zero-order valence-electron chi connectivity index (χ0n) is 22.3. The number of hydrogen-bond donors (Lipinski definition) is 1. The predicted octanol–water partition coefficient (Wildman–Crippen LogP) is 6.09. The quantitative estimate of drug-likeness (QED) is 0.153. The van der Waals surface area contributed by atoms with Gasteiger partial charge in [-0.2, -0.15) is 0 Å². The Labute approximate surface area is 228 Å². The van der Waals surface area contributed by atoms with E-state index in [0.29, 0.717) is 33.3 Å². The van der Waals surface area contributed by atoms with Crippen molar-refractivity contribution in [2.45, 2.75) is 45.9 Å². The maximum atomic E-state index is 13.6. The van der Waals surface area contributed by atoms with Crippen molar-refractivity contribution in [2.24, 2.45) is 0 Å². The molecule has 0 bridgehead atoms. The molecular formula is C30H28F3NO6. The lowest BCUT2D eigenvalue weighted by Crippen LogP contribution is -2.44. The molecular weight excluding hydrogens is 527 g/mol. The summed E-state index contributed by atoms with van der Waals surface area (Å²) in [5.74, 6) is -3.66. The highest BCUT2D eigenvalue weighted by Crippen LogP contribution is 2.34. The van der Waals surface area contributed by atoms with Gasteiger partial charge in [0.15, 0.2) is 5.78 Å². The molecule has 0 aliphatic rings. The van der Waals surface area contributed by atoms with Crippen LogP contribution in [0, 0.1) is 13.8 Å². The molecule has 0 radical (unpaired) electrons. The van der Waals surface area contributed by atoms with Gasteiger partial charge in [0.25, 0.3) is 0 Å². The van der Waals surface area contributed by atoms with Crippen LogP contribution in [0.4, 0.5) is 13.2 Å². The monoisotopic (exact) mass is 555 g/mol. The van der Waals surface area contributed by atoms with E-state index in [9.17, 15) is 27.9 Å². The van der Waals surface area contributed by atoms with Crippen molar-refractivity contribution < 1.29 is 42.1 Å². The lowest BCUT2D eigenvalue weighted by molar-refractivity contribution is -0.274. The first-order valence-corrected chi connectivity index (χ1v) is 12.4. The molecule has 1 atom stereocenters. The fourth-order valence-electron chi connectivity index (χ4n) is 4.50. The lowest BCUT2D eigenvalue weighted by Gasteiger charge is -2.25. The number of aliphatic hydroxyl groups is 1. The van der Waals surface area contributed by atoms with Gasteiger partial charge < -0.3 is 23.9 Å². The van der Waals surface area contributed by atoms with Crippen LogP contribution in [-0.4, -0.2) is 40.7 Å². The van der Waals surface area contributed by atoms with E-state index in [-0.39, 0.29) is 24.5 Å². The molecule has 3 aromatic carbocycles. The normalized spacial score (nSPS) is 13.1. The Hall–Kier alpha value is -4.31. The Morgan fingerprint density at radius 2 is 1.60 bits per heavy atom. The average molecular weight is 556 g/mol. The van der Waals surface area contributed by atoms with Crippen molar-refractivity contribution >= 4 is 22.7 Å². The van der Waals surface area contributed by atoms with E-state index in [0.717, 1.165) is 12.7 Å². The number of fused-ring (bicyclic) bond motifs is 1. The number of methoxy groups -OCH3 is 1. The Balaban J connectivity index is 1.80. The maximum absolute atomic E-state index is 13.6. The molecule has 0 aliphatic heterocycles. The van der Waals surface area contributed by atoms with Gasteiger partial charge in [-0.15, -0.1) is 13.2 Å². The maximum Gasteiger partial charge on any atom is 0.573 e. The van der Waals surface area contributed by atoms with Crippen LogP contribution in [0.25, 0.3) is 10.9 Å². The Morgan fingerprint density at radius 3 is 2.23 bits per heavy atom. The Kier molecular flexibility index (Phi) is 7.93. The summed E-state index contributed by atoms with van der Waals surface area (Å²) < 4.78 is 55.1. The number of nitrogens with zero attached hydrogens (tertiary/aromatic N) is 1. The van der Waals surface area contributed by atoms with Gasteiger partial charge in [-0.3, -0.25) is 4.79 Å². The van der Waals surface area contributed by atoms with Gasteiger partial charge in [0.1, 0.15) is 11.5 Å². The number of carbonyl (C=O) groups excluding carboxylic acids is 2. The third kappa shape index (κ3) is 5.96. The van der Waals surface area contributed by atoms with Gasteiger partial charge in [-0.05, 0) is 43.7 Å². The first-order valence-electron chi connectivity index (χ1n) is 12.4. The Morgan fingerprint density at radius 1 is 0.925 bits per heavy atom. The summed E-state index contributed by atoms with van der Waals surface area (Å²) >= 11 is 0. The van der Waals surface area contributed by atoms with Crippen LogP contribution in [0.5, 0.6) is 11.5 Å². The van der Waals surface area contributed by atoms with Gasteiger partial charge >= 0.3 is 18.1 Å². The average Bonchev–Trinajstić information content (AvgIpc) is 3.17. The van der Waals surface area contributed by atoms with Crippen molar-refractivity contribution in [2.75, 3.05) is 7.11 Å². The summed E-state index contributed by atoms with van der Waals surface area (Å²) in [6.45, 7) is 5.32. The first-order chi connectivity index (χ1) is 18.8. The van der Waals surface area contributed by atoms with Crippen molar-refractivity contribution in [3.05, 3.63) is 94.7 Å². The molecule has 1 aromatic heterocycles. The molecule has 4 rings (SSSR count). The molecule has 210 valence electrons. The van der Waals surface area contributed by atoms with E-state index >= 15 is 0 Å². The van der Waals surface area contributed by atoms with Crippen LogP contribution in [0.2, 0.25) is 0 Å². The minimum atomic E-state index is -4.89. The lowest BCUT2D eigenvalue weighted by atomic mass is 9.99. The van der Waals surface area contributed by atoms with Crippen LogP contribution in [-0.2, 0) is 16.1 Å². The number of aryl methyl sites for hydroxylation is 1. The number of benzene rings is 3. The minimum absolute atomic E-state index is 0.0717. The van der Waals surface area contributed by atoms with Crippen molar-refractivity contribution in [3.8, 4) is 11.5 Å². The summed E-state index contributed by atoms with van der Waals surface area (Å²) in [4.78, 5) is 25.6. The number of carbonyl (C=O) groups is 2. The van der Waals surface area contributed by atoms with Crippen LogP contribution in [0.3, 0.4) is 0 Å². The van der Waals surface area contributed by atoms with E-state index < -0.39 is 23.9 Å². The summed E-state index contributed by atoms with van der Waals surface area (Å²) in [5, 5.41) is 11.0. The van der Waals surface area contributed by atoms with E-state index in [2.05, 4.69) is 9.47 Å². The molecule has 7 nitrogen and oxygen atoms in total. The van der Waals surface area contributed by atoms with Crippen LogP contribution < -0.4 is 9.47 Å². The summed E-state index contributed by atoms with van der Waals surface area (Å²) in [6, 6.07) is 17.4. The van der Waals surface area contributed by atoms with Gasteiger partial charge in [0, 0.05) is 35.7 Å². The fraction of sp³-hybridized carbons (Fsp3) is 0.267. The van der Waals surface area contributed by atoms with E-state index in [1.54, 1.807) is 54.8 Å². The number of aromatic nitrogens is 1. The number of halogens is 3. The second-order valence-electron chi connectivity index (χ2n) is 9.35. The first kappa shape index (κ1) is 28.7. The zero-order chi connectivity index (χ0) is 29.2. The number of esters is 1. The van der Waals surface area contributed by atoms with Crippen LogP contribution >= 0.6 is 0 Å². The van der Waals surface area contributed by atoms with E-state index in [1.807, 2.05) is 19.1 Å². The topological polar surface area (TPSA) is 87.0 Å². The second kappa shape index (κ2) is 11.1. The minimum Gasteiger partial charge on any atom is -0.464 e. The van der Waals surface area contributed by atoms with Gasteiger partial charge in [-0.1, -0.05) is 48.9 Å². The highest BCUT2D eigenvalue weighted by molar-refractivity contribution is 6.17. The van der Waals surface area contributed by atoms with Crippen molar-refractivity contribution in [1.29, 1.82) is 0 Å². The third-order valence-corrected chi connectivity index (χ3v) is 6.58. The largest absolute Gasteiger partial charge is 0.573 e. The van der Waals surface area contributed by atoms with Gasteiger partial charge in [0.05, 0.1) is 18.2 Å². The number of ketones is 1. The summed E-state index contributed by atoms with van der Waals surface area (Å²) in [7, 11) is 1.13. The van der Waals surface area contributed by atoms with E-state index in [1.165, 1.54) is 18.2 Å². The van der Waals surface area contributed by atoms with E-state index in [4.69, 9.17) is 4.74 Å². The number of hydrogen-bond acceptors (Lipinski definition) is 6. The summed E-state index contributed by atoms with van der Waals surface area (Å²) in [5.41, 5.74) is 3.32. The van der Waals surface area contributed by atoms with Crippen LogP contribution in [0.1, 0.15) is 46.1 Å². The highest BCUT2D eigenvalue weighted by atomic mass is 19.4. The SMILES string of the molecule is CC[C@@](O)(Oc1cccc(Cn2c(C)c(C(=O)c3ccc(C)cc3)c3ccc(OC(F)(F)F)cc32)c1)C(=O)OC. The predicted molar refractivity (Wildman–Crippen MR) is 141 cm³/mol. The van der Waals surface area contributed by atoms with Gasteiger partial charge in [-0.25, -0.2) is 4.79 Å². The molecule has 0 saturated carbocycles. The molecule has 0 spiro atoms. The number of alkyl halides is 3. The van der Waals surface area contributed by atoms with Crippen molar-refractivity contribution in [3.63, 3.8) is 0 Å². The molecule has 0 aliphatic carbocycles. The van der Waals surface area contributed by atoms with Gasteiger partial charge in [0.2, 0.25) is 0 Å². The fourth-order valence-corrected chi connectivity index (χ4v) is 4.50. The zero-order valence-corrected chi connectivity index (χ0v) is 22.3.